The van der Waals surface area contributed by atoms with Crippen LogP contribution in [0.15, 0.2) is 42.0 Å². The second kappa shape index (κ2) is 6.31. The first-order valence-electron chi connectivity index (χ1n) is 10.2. The standard InChI is InChI=1S/C25H26O4/c1-14(2)5-6-16-20(26)9-7-18-22(16)27-13-19-15-8-10-21-17(23(15)28-24(18)19)11-12-25(3,4)29-21/h5,7-12,19,24,26H,6,13H2,1-4H3/t19-,24-/m1/s1. The van der Waals surface area contributed by atoms with Crippen molar-refractivity contribution < 1.29 is 19.3 Å². The monoisotopic (exact) mass is 390 g/mol. The second-order valence-electron chi connectivity index (χ2n) is 8.86. The first-order chi connectivity index (χ1) is 13.8. The van der Waals surface area contributed by atoms with Crippen LogP contribution in [0.2, 0.25) is 0 Å². The highest BCUT2D eigenvalue weighted by Crippen LogP contribution is 2.55. The Bertz CT molecular complexity index is 1060. The highest BCUT2D eigenvalue weighted by Gasteiger charge is 2.43. The summed E-state index contributed by atoms with van der Waals surface area (Å²) < 4.78 is 18.8. The molecule has 0 aromatic heterocycles. The van der Waals surface area contributed by atoms with Crippen molar-refractivity contribution in [2.75, 3.05) is 6.61 Å². The highest BCUT2D eigenvalue weighted by molar-refractivity contribution is 5.71. The fourth-order valence-electron chi connectivity index (χ4n) is 4.41. The molecule has 2 aromatic carbocycles. The van der Waals surface area contributed by atoms with Crippen LogP contribution in [0.1, 0.15) is 62.0 Å². The van der Waals surface area contributed by atoms with Crippen LogP contribution < -0.4 is 14.2 Å². The summed E-state index contributed by atoms with van der Waals surface area (Å²) in [5.41, 5.74) is 4.88. The SMILES string of the molecule is CC(C)=CCc1c(O)ccc2c1OC[C@@H]1c3ccc4c(c3O[C@H]21)C=CC(C)(C)O4. The Balaban J connectivity index is 1.56. The summed E-state index contributed by atoms with van der Waals surface area (Å²) >= 11 is 0. The number of phenolic OH excluding ortho intramolecular Hbond substituents is 1. The summed E-state index contributed by atoms with van der Waals surface area (Å²) in [6.07, 6.45) is 6.81. The fourth-order valence-corrected chi connectivity index (χ4v) is 4.41. The molecule has 4 heteroatoms. The van der Waals surface area contributed by atoms with E-state index in [0.29, 0.717) is 13.0 Å². The molecule has 0 saturated heterocycles. The maximum atomic E-state index is 10.4. The van der Waals surface area contributed by atoms with Gasteiger partial charge in [0.15, 0.2) is 0 Å². The van der Waals surface area contributed by atoms with Crippen molar-refractivity contribution in [1.29, 1.82) is 0 Å². The maximum Gasteiger partial charge on any atom is 0.138 e. The van der Waals surface area contributed by atoms with Gasteiger partial charge in [0.2, 0.25) is 0 Å². The number of phenols is 1. The van der Waals surface area contributed by atoms with Crippen molar-refractivity contribution in [3.63, 3.8) is 0 Å². The number of allylic oxidation sites excluding steroid dienone is 2. The minimum absolute atomic E-state index is 0.116. The molecule has 0 radical (unpaired) electrons. The molecule has 4 nitrogen and oxygen atoms in total. The molecule has 0 amide bonds. The molecule has 3 heterocycles. The maximum absolute atomic E-state index is 10.4. The Kier molecular flexibility index (Phi) is 3.95. The van der Waals surface area contributed by atoms with E-state index in [1.165, 1.54) is 5.57 Å². The van der Waals surface area contributed by atoms with Gasteiger partial charge in [0, 0.05) is 16.7 Å². The largest absolute Gasteiger partial charge is 0.508 e. The Morgan fingerprint density at radius 3 is 2.72 bits per heavy atom. The van der Waals surface area contributed by atoms with Gasteiger partial charge in [0.25, 0.3) is 0 Å². The second-order valence-corrected chi connectivity index (χ2v) is 8.86. The topological polar surface area (TPSA) is 47.9 Å². The van der Waals surface area contributed by atoms with Crippen molar-refractivity contribution in [3.8, 4) is 23.0 Å². The van der Waals surface area contributed by atoms with Crippen LogP contribution >= 0.6 is 0 Å². The van der Waals surface area contributed by atoms with Gasteiger partial charge in [-0.1, -0.05) is 17.7 Å². The zero-order valence-corrected chi connectivity index (χ0v) is 17.3. The number of benzene rings is 2. The normalized spacial score (nSPS) is 22.2. The summed E-state index contributed by atoms with van der Waals surface area (Å²) in [5.74, 6) is 2.90. The fraction of sp³-hybridized carbons (Fsp3) is 0.360. The third-order valence-corrected chi connectivity index (χ3v) is 5.92. The third-order valence-electron chi connectivity index (χ3n) is 5.92. The molecule has 0 unspecified atom stereocenters. The Hall–Kier alpha value is -2.88. The van der Waals surface area contributed by atoms with Crippen LogP contribution in [0.25, 0.3) is 6.08 Å². The third kappa shape index (κ3) is 2.89. The average Bonchev–Trinajstić information content (AvgIpc) is 3.05. The van der Waals surface area contributed by atoms with Gasteiger partial charge < -0.3 is 19.3 Å². The Labute approximate surface area is 171 Å². The van der Waals surface area contributed by atoms with Crippen LogP contribution in [0.4, 0.5) is 0 Å². The summed E-state index contributed by atoms with van der Waals surface area (Å²) in [7, 11) is 0. The molecule has 2 atom stereocenters. The lowest BCUT2D eigenvalue weighted by atomic mass is 9.87. The van der Waals surface area contributed by atoms with Gasteiger partial charge in [-0.25, -0.2) is 0 Å². The Morgan fingerprint density at radius 2 is 1.93 bits per heavy atom. The van der Waals surface area contributed by atoms with Gasteiger partial charge in [-0.15, -0.1) is 0 Å². The molecule has 150 valence electrons. The van der Waals surface area contributed by atoms with Crippen molar-refractivity contribution in [2.45, 2.75) is 51.7 Å². The molecular weight excluding hydrogens is 364 g/mol. The first kappa shape index (κ1) is 18.2. The zero-order valence-electron chi connectivity index (χ0n) is 17.3. The van der Waals surface area contributed by atoms with E-state index in [-0.39, 0.29) is 23.4 Å². The van der Waals surface area contributed by atoms with Crippen LogP contribution in [0.5, 0.6) is 23.0 Å². The summed E-state index contributed by atoms with van der Waals surface area (Å²) in [6.45, 7) is 8.74. The quantitative estimate of drug-likeness (QED) is 0.669. The van der Waals surface area contributed by atoms with Crippen LogP contribution in [-0.4, -0.2) is 17.3 Å². The van der Waals surface area contributed by atoms with E-state index < -0.39 is 0 Å². The van der Waals surface area contributed by atoms with E-state index in [0.717, 1.165) is 39.5 Å². The minimum Gasteiger partial charge on any atom is -0.508 e. The van der Waals surface area contributed by atoms with Gasteiger partial charge in [-0.05, 0) is 64.5 Å². The molecule has 0 saturated carbocycles. The van der Waals surface area contributed by atoms with E-state index in [4.69, 9.17) is 14.2 Å². The molecule has 0 bridgehead atoms. The van der Waals surface area contributed by atoms with Crippen molar-refractivity contribution in [3.05, 3.63) is 64.2 Å². The number of rotatable bonds is 2. The lowest BCUT2D eigenvalue weighted by Gasteiger charge is -2.29. The van der Waals surface area contributed by atoms with Gasteiger partial charge in [0.1, 0.15) is 34.7 Å². The number of aromatic hydroxyl groups is 1. The lowest BCUT2D eigenvalue weighted by molar-refractivity contribution is 0.136. The zero-order chi connectivity index (χ0) is 20.3. The predicted octanol–water partition coefficient (Wildman–Crippen LogP) is 5.69. The van der Waals surface area contributed by atoms with Crippen LogP contribution in [0, 0.1) is 0 Å². The molecule has 5 rings (SSSR count). The lowest BCUT2D eigenvalue weighted by Crippen LogP contribution is -2.27. The predicted molar refractivity (Wildman–Crippen MR) is 113 cm³/mol. The van der Waals surface area contributed by atoms with Gasteiger partial charge in [-0.2, -0.15) is 0 Å². The highest BCUT2D eigenvalue weighted by atomic mass is 16.5. The number of fused-ring (bicyclic) bond motifs is 7. The van der Waals surface area contributed by atoms with Gasteiger partial charge in [-0.3, -0.25) is 0 Å². The van der Waals surface area contributed by atoms with Crippen molar-refractivity contribution >= 4 is 6.08 Å². The van der Waals surface area contributed by atoms with Gasteiger partial charge >= 0.3 is 0 Å². The summed E-state index contributed by atoms with van der Waals surface area (Å²) in [5, 5.41) is 10.4. The van der Waals surface area contributed by atoms with E-state index >= 15 is 0 Å². The molecule has 3 aliphatic heterocycles. The summed E-state index contributed by atoms with van der Waals surface area (Å²) in [6, 6.07) is 7.83. The van der Waals surface area contributed by atoms with Crippen molar-refractivity contribution in [1.82, 2.24) is 0 Å². The molecule has 3 aliphatic rings. The summed E-state index contributed by atoms with van der Waals surface area (Å²) in [4.78, 5) is 0. The van der Waals surface area contributed by atoms with Crippen LogP contribution in [-0.2, 0) is 6.42 Å². The van der Waals surface area contributed by atoms with Gasteiger partial charge in [0.05, 0.1) is 18.1 Å². The average molecular weight is 390 g/mol. The van der Waals surface area contributed by atoms with Crippen molar-refractivity contribution in [2.24, 2.45) is 0 Å². The van der Waals surface area contributed by atoms with Crippen LogP contribution in [0.3, 0.4) is 0 Å². The molecule has 0 aliphatic carbocycles. The van der Waals surface area contributed by atoms with E-state index in [9.17, 15) is 5.11 Å². The number of hydrogen-bond acceptors (Lipinski definition) is 4. The number of hydrogen-bond donors (Lipinski definition) is 1. The first-order valence-corrected chi connectivity index (χ1v) is 10.2. The molecular formula is C25H26O4. The Morgan fingerprint density at radius 1 is 1.14 bits per heavy atom. The van der Waals surface area contributed by atoms with E-state index in [1.54, 1.807) is 6.07 Å². The molecule has 1 N–H and O–H groups in total. The smallest absolute Gasteiger partial charge is 0.138 e. The molecule has 2 aromatic rings. The molecule has 0 fully saturated rings. The number of ether oxygens (including phenoxy) is 3. The molecule has 29 heavy (non-hydrogen) atoms. The molecule has 0 spiro atoms. The van der Waals surface area contributed by atoms with E-state index in [1.807, 2.05) is 26.0 Å². The minimum atomic E-state index is -0.320. The van der Waals surface area contributed by atoms with E-state index in [2.05, 4.69) is 38.1 Å².